The van der Waals surface area contributed by atoms with Gasteiger partial charge in [0.2, 0.25) is 11.0 Å². The van der Waals surface area contributed by atoms with Gasteiger partial charge in [0.05, 0.1) is 18.6 Å². The summed E-state index contributed by atoms with van der Waals surface area (Å²) in [5, 5.41) is 22.9. The third-order valence-electron chi connectivity index (χ3n) is 3.18. The molecule has 9 nitrogen and oxygen atoms in total. The van der Waals surface area contributed by atoms with Crippen LogP contribution in [0.25, 0.3) is 11.3 Å². The van der Waals surface area contributed by atoms with E-state index in [2.05, 4.69) is 20.7 Å². The molecule has 0 bridgehead atoms. The smallest absolute Gasteiger partial charge is 0.247 e. The fraction of sp³-hybridized carbons (Fsp3) is 0.0625. The molecule has 2 aromatic heterocycles. The number of nitrogens with one attached hydrogen (secondary N) is 1. The van der Waals surface area contributed by atoms with E-state index in [0.717, 1.165) is 11.3 Å². The first kappa shape index (κ1) is 17.3. The highest BCUT2D eigenvalue weighted by Crippen LogP contribution is 2.22. The molecule has 0 saturated carbocycles. The number of amides is 1. The average molecular weight is 370 g/mol. The topological polar surface area (TPSA) is 147 Å². The van der Waals surface area contributed by atoms with Crippen LogP contribution in [0, 0.1) is 0 Å². The molecule has 3 N–H and O–H groups in total. The normalized spacial score (nSPS) is 10.9. The van der Waals surface area contributed by atoms with Crippen LogP contribution in [0.1, 0.15) is 21.1 Å². The maximum absolute atomic E-state index is 11.7. The number of hydrogen-bond acceptors (Lipinski definition) is 9. The zero-order valence-electron chi connectivity index (χ0n) is 13.2. The summed E-state index contributed by atoms with van der Waals surface area (Å²) in [7, 11) is 0. The molecule has 1 aromatic carbocycles. The van der Waals surface area contributed by atoms with Crippen molar-refractivity contribution in [3.05, 3.63) is 52.7 Å². The zero-order valence-corrected chi connectivity index (χ0v) is 14.0. The monoisotopic (exact) mass is 370 g/mol. The number of carbonyl (C=O) groups excluding carboxylic acids is 2. The number of hydrogen-bond donors (Lipinski definition) is 2. The number of carbonyl (C=O) groups is 2. The van der Waals surface area contributed by atoms with Crippen molar-refractivity contribution in [3.8, 4) is 11.3 Å². The van der Waals surface area contributed by atoms with Crippen molar-refractivity contribution in [2.75, 3.05) is 5.73 Å². The predicted molar refractivity (Wildman–Crippen MR) is 92.2 cm³/mol. The molecule has 0 atom stereocenters. The highest BCUT2D eigenvalue weighted by molar-refractivity contribution is 7.15. The SMILES string of the molecule is Nc1nnc(CC(=O)N/N=C\c2ccc(-c3cccc(C(=O)[O-])c3)o2)s1. The summed E-state index contributed by atoms with van der Waals surface area (Å²) >= 11 is 1.13. The van der Waals surface area contributed by atoms with Crippen LogP contribution in [-0.2, 0) is 11.2 Å². The Morgan fingerprint density at radius 1 is 1.31 bits per heavy atom. The van der Waals surface area contributed by atoms with Gasteiger partial charge >= 0.3 is 0 Å². The van der Waals surface area contributed by atoms with Crippen molar-refractivity contribution in [3.63, 3.8) is 0 Å². The first-order valence-electron chi connectivity index (χ1n) is 7.32. The summed E-state index contributed by atoms with van der Waals surface area (Å²) in [6.45, 7) is 0. The number of nitrogen functional groups attached to an aromatic ring is 1. The number of hydrazone groups is 1. The van der Waals surface area contributed by atoms with Gasteiger partial charge in [-0.3, -0.25) is 4.79 Å². The maximum Gasteiger partial charge on any atom is 0.247 e. The van der Waals surface area contributed by atoms with E-state index >= 15 is 0 Å². The van der Waals surface area contributed by atoms with E-state index in [9.17, 15) is 14.7 Å². The number of benzene rings is 1. The molecule has 10 heteroatoms. The first-order chi connectivity index (χ1) is 12.5. The Morgan fingerprint density at radius 3 is 2.88 bits per heavy atom. The molecule has 0 aliphatic carbocycles. The van der Waals surface area contributed by atoms with Gasteiger partial charge in [-0.2, -0.15) is 5.10 Å². The van der Waals surface area contributed by atoms with Gasteiger partial charge in [0.1, 0.15) is 16.5 Å². The van der Waals surface area contributed by atoms with Crippen LogP contribution in [-0.4, -0.2) is 28.3 Å². The highest BCUT2D eigenvalue weighted by atomic mass is 32.1. The van der Waals surface area contributed by atoms with Crippen molar-refractivity contribution < 1.29 is 19.1 Å². The molecule has 0 unspecified atom stereocenters. The number of aromatic nitrogens is 2. The predicted octanol–water partition coefficient (Wildman–Crippen LogP) is 0.437. The largest absolute Gasteiger partial charge is 0.545 e. The Balaban J connectivity index is 1.61. The Hall–Kier alpha value is -3.53. The number of nitrogens with zero attached hydrogens (tertiary/aromatic N) is 3. The van der Waals surface area contributed by atoms with Crippen LogP contribution in [0.4, 0.5) is 5.13 Å². The number of aromatic carboxylic acids is 1. The van der Waals surface area contributed by atoms with Crippen molar-refractivity contribution >= 4 is 34.6 Å². The van der Waals surface area contributed by atoms with Gasteiger partial charge in [0.25, 0.3) is 0 Å². The van der Waals surface area contributed by atoms with Crippen LogP contribution in [0.3, 0.4) is 0 Å². The van der Waals surface area contributed by atoms with Crippen LogP contribution in [0.5, 0.6) is 0 Å². The van der Waals surface area contributed by atoms with Crippen LogP contribution in [0.2, 0.25) is 0 Å². The van der Waals surface area contributed by atoms with Crippen LogP contribution >= 0.6 is 11.3 Å². The van der Waals surface area contributed by atoms with Gasteiger partial charge < -0.3 is 20.1 Å². The fourth-order valence-corrected chi connectivity index (χ4v) is 2.67. The zero-order chi connectivity index (χ0) is 18.5. The molecular formula is C16H12N5O4S-. The lowest BCUT2D eigenvalue weighted by Crippen LogP contribution is -2.22. The number of furan rings is 1. The number of nitrogens with two attached hydrogens (primary N) is 1. The molecule has 1 amide bonds. The minimum Gasteiger partial charge on any atom is -0.545 e. The van der Waals surface area contributed by atoms with E-state index < -0.39 is 5.97 Å². The van der Waals surface area contributed by atoms with E-state index in [0.29, 0.717) is 27.2 Å². The molecule has 0 saturated heterocycles. The molecule has 0 aliphatic rings. The van der Waals surface area contributed by atoms with Gasteiger partial charge in [-0.1, -0.05) is 29.5 Å². The van der Waals surface area contributed by atoms with Gasteiger partial charge in [0.15, 0.2) is 0 Å². The third-order valence-corrected chi connectivity index (χ3v) is 3.94. The minimum absolute atomic E-state index is 0.0195. The van der Waals surface area contributed by atoms with Gasteiger partial charge in [-0.05, 0) is 23.8 Å². The Labute approximate surface area is 151 Å². The van der Waals surface area contributed by atoms with Crippen LogP contribution < -0.4 is 16.3 Å². The van der Waals surface area contributed by atoms with Crippen LogP contribution in [0.15, 0.2) is 45.9 Å². The number of anilines is 1. The first-order valence-corrected chi connectivity index (χ1v) is 8.14. The summed E-state index contributed by atoms with van der Waals surface area (Å²) in [5.74, 6) is -0.782. The highest BCUT2D eigenvalue weighted by Gasteiger charge is 2.08. The summed E-state index contributed by atoms with van der Waals surface area (Å²) in [4.78, 5) is 22.6. The maximum atomic E-state index is 11.7. The fourth-order valence-electron chi connectivity index (χ4n) is 2.06. The van der Waals surface area contributed by atoms with Crippen molar-refractivity contribution in [1.82, 2.24) is 15.6 Å². The summed E-state index contributed by atoms with van der Waals surface area (Å²) in [6, 6.07) is 9.50. The van der Waals surface area contributed by atoms with Gasteiger partial charge in [-0.25, -0.2) is 5.43 Å². The molecule has 2 heterocycles. The molecule has 26 heavy (non-hydrogen) atoms. The second kappa shape index (κ2) is 7.57. The summed E-state index contributed by atoms with van der Waals surface area (Å²) in [5.41, 5.74) is 8.43. The molecule has 132 valence electrons. The summed E-state index contributed by atoms with van der Waals surface area (Å²) < 4.78 is 5.56. The Morgan fingerprint density at radius 2 is 2.15 bits per heavy atom. The number of carboxylic acids is 1. The Kier molecular flexibility index (Phi) is 5.04. The average Bonchev–Trinajstić information content (AvgIpc) is 3.24. The van der Waals surface area contributed by atoms with Crippen molar-refractivity contribution in [2.45, 2.75) is 6.42 Å². The summed E-state index contributed by atoms with van der Waals surface area (Å²) in [6.07, 6.45) is 1.35. The molecular weight excluding hydrogens is 358 g/mol. The van der Waals surface area contributed by atoms with Crippen molar-refractivity contribution in [1.29, 1.82) is 0 Å². The van der Waals surface area contributed by atoms with E-state index in [1.165, 1.54) is 18.3 Å². The lowest BCUT2D eigenvalue weighted by Gasteiger charge is -2.03. The lowest BCUT2D eigenvalue weighted by atomic mass is 10.1. The van der Waals surface area contributed by atoms with E-state index in [1.807, 2.05) is 0 Å². The molecule has 0 spiro atoms. The van der Waals surface area contributed by atoms with E-state index in [1.54, 1.807) is 24.3 Å². The Bertz CT molecular complexity index is 978. The minimum atomic E-state index is -1.26. The standard InChI is InChI=1S/C16H13N5O4S/c17-16-21-20-14(26-16)7-13(22)19-18-8-11-4-5-12(25-11)9-2-1-3-10(6-9)15(23)24/h1-6,8H,7H2,(H2,17,21)(H,19,22)(H,23,24)/p-1/b18-8-. The molecule has 0 aliphatic heterocycles. The van der Waals surface area contributed by atoms with E-state index in [-0.39, 0.29) is 17.9 Å². The quantitative estimate of drug-likeness (QED) is 0.472. The third kappa shape index (κ3) is 4.30. The number of rotatable bonds is 6. The van der Waals surface area contributed by atoms with Gasteiger partial charge in [-0.15, -0.1) is 10.2 Å². The second-order valence-corrected chi connectivity index (χ2v) is 6.17. The molecule has 0 fully saturated rings. The number of carboxylic acid groups (broad SMARTS) is 1. The molecule has 3 rings (SSSR count). The van der Waals surface area contributed by atoms with Gasteiger partial charge in [0, 0.05) is 5.56 Å². The second-order valence-electron chi connectivity index (χ2n) is 5.07. The lowest BCUT2D eigenvalue weighted by molar-refractivity contribution is -0.255. The van der Waals surface area contributed by atoms with Crippen molar-refractivity contribution in [2.24, 2.45) is 5.10 Å². The van der Waals surface area contributed by atoms with E-state index in [4.69, 9.17) is 10.2 Å². The molecule has 0 radical (unpaired) electrons. The molecule has 3 aromatic rings.